The minimum Gasteiger partial charge on any atom is -0.341 e. The molecule has 0 fully saturated rings. The Kier molecular flexibility index (Phi) is 8.75. The molecule has 342 valence electrons. The highest BCUT2D eigenvalue weighted by atomic mass is 15.3. The van der Waals surface area contributed by atoms with Crippen LogP contribution >= 0.6 is 0 Å². The Labute approximate surface area is 410 Å². The van der Waals surface area contributed by atoms with Gasteiger partial charge in [-0.2, -0.15) is 0 Å². The fourth-order valence-electron chi connectivity index (χ4n) is 11.3. The summed E-state index contributed by atoms with van der Waals surface area (Å²) in [6.07, 6.45) is 3.68. The second-order valence-electron chi connectivity index (χ2n) is 18.3. The molecule has 0 atom stereocenters. The zero-order valence-electron chi connectivity index (χ0n) is 39.8. The van der Waals surface area contributed by atoms with Gasteiger partial charge in [-0.05, 0) is 103 Å². The number of hydrogen-bond acceptors (Lipinski definition) is 10. The van der Waals surface area contributed by atoms with Crippen molar-refractivity contribution in [2.45, 2.75) is 0 Å². The molecule has 0 radical (unpaired) electrons. The van der Waals surface area contributed by atoms with E-state index in [1.165, 1.54) is 0 Å². The van der Waals surface area contributed by atoms with Crippen LogP contribution in [0.5, 0.6) is 0 Å². The number of hydrogen-bond donors (Lipinski definition) is 0. The minimum absolute atomic E-state index is 0.736. The maximum atomic E-state index is 5.61. The SMILES string of the molecule is CN1c2ccccc2N(c2cc(-c3nc4cccnc4n3C)c(-c3nc4cccnc4n3C)c(N3c4ccccc4N(C)c4ccccc43)c2N2c3ccccc3N(C)c3ccccc32)c2ccccc21. The van der Waals surface area contributed by atoms with Crippen LogP contribution in [0.4, 0.5) is 85.3 Å². The highest BCUT2D eigenvalue weighted by molar-refractivity contribution is 6.16. The zero-order chi connectivity index (χ0) is 47.6. The summed E-state index contributed by atoms with van der Waals surface area (Å²) >= 11 is 0. The summed E-state index contributed by atoms with van der Waals surface area (Å²) < 4.78 is 4.27. The van der Waals surface area contributed by atoms with Crippen LogP contribution in [0.2, 0.25) is 0 Å². The molecule has 0 N–H and O–H groups in total. The summed E-state index contributed by atoms with van der Waals surface area (Å²) in [6.45, 7) is 0. The Morgan fingerprint density at radius 3 is 1.01 bits per heavy atom. The van der Waals surface area contributed by atoms with Crippen LogP contribution in [-0.2, 0) is 14.1 Å². The van der Waals surface area contributed by atoms with Crippen molar-refractivity contribution in [3.05, 3.63) is 188 Å². The molecule has 12 nitrogen and oxygen atoms in total. The number of rotatable bonds is 5. The van der Waals surface area contributed by atoms with Gasteiger partial charge in [0.2, 0.25) is 0 Å². The highest BCUT2D eigenvalue weighted by Gasteiger charge is 2.42. The van der Waals surface area contributed by atoms with Crippen molar-refractivity contribution in [2.24, 2.45) is 14.1 Å². The third-order valence-corrected chi connectivity index (χ3v) is 14.6. The van der Waals surface area contributed by atoms with Gasteiger partial charge in [-0.15, -0.1) is 0 Å². The van der Waals surface area contributed by atoms with Gasteiger partial charge in [-0.25, -0.2) is 19.9 Å². The first kappa shape index (κ1) is 40.6. The number of pyridine rings is 2. The quantitative estimate of drug-likeness (QED) is 0.166. The molecule has 4 aromatic heterocycles. The van der Waals surface area contributed by atoms with Gasteiger partial charge in [0, 0.05) is 53.2 Å². The molecule has 3 aliphatic rings. The molecule has 0 bridgehead atoms. The lowest BCUT2D eigenvalue weighted by atomic mass is 9.93. The second kappa shape index (κ2) is 15.3. The molecule has 0 aliphatic carbocycles. The Bertz CT molecular complexity index is 3840. The third kappa shape index (κ3) is 5.72. The summed E-state index contributed by atoms with van der Waals surface area (Å²) in [7, 11) is 10.6. The summed E-state index contributed by atoms with van der Waals surface area (Å²) in [5, 5.41) is 0. The highest BCUT2D eigenvalue weighted by Crippen LogP contribution is 2.65. The Hall–Kier alpha value is -9.42. The second-order valence-corrected chi connectivity index (χ2v) is 18.3. The topological polar surface area (TPSA) is 80.9 Å². The van der Waals surface area contributed by atoms with E-state index in [1.54, 1.807) is 0 Å². The molecular weight excluding hydrogens is 877 g/mol. The monoisotopic (exact) mass is 922 g/mol. The van der Waals surface area contributed by atoms with Crippen LogP contribution in [-0.4, -0.2) is 50.2 Å². The molecule has 14 rings (SSSR count). The van der Waals surface area contributed by atoms with Gasteiger partial charge in [0.15, 0.2) is 11.3 Å². The zero-order valence-corrected chi connectivity index (χ0v) is 39.8. The molecule has 0 saturated heterocycles. The van der Waals surface area contributed by atoms with Crippen molar-refractivity contribution in [3.63, 3.8) is 0 Å². The van der Waals surface area contributed by atoms with Crippen LogP contribution < -0.4 is 29.4 Å². The van der Waals surface area contributed by atoms with Crippen LogP contribution in [0.3, 0.4) is 0 Å². The van der Waals surface area contributed by atoms with E-state index in [9.17, 15) is 0 Å². The van der Waals surface area contributed by atoms with E-state index in [2.05, 4.69) is 225 Å². The summed E-state index contributed by atoms with van der Waals surface area (Å²) in [5.74, 6) is 1.48. The van der Waals surface area contributed by atoms with E-state index >= 15 is 0 Å². The lowest BCUT2D eigenvalue weighted by Gasteiger charge is -2.46. The van der Waals surface area contributed by atoms with E-state index in [1.807, 2.05) is 36.7 Å². The molecule has 7 aromatic carbocycles. The van der Waals surface area contributed by atoms with Gasteiger partial charge >= 0.3 is 0 Å². The van der Waals surface area contributed by atoms with Crippen molar-refractivity contribution in [2.75, 3.05) is 50.5 Å². The maximum absolute atomic E-state index is 5.61. The van der Waals surface area contributed by atoms with Gasteiger partial charge in [0.1, 0.15) is 22.7 Å². The maximum Gasteiger partial charge on any atom is 0.160 e. The average Bonchev–Trinajstić information content (AvgIpc) is 3.94. The van der Waals surface area contributed by atoms with E-state index < -0.39 is 0 Å². The van der Waals surface area contributed by atoms with Gasteiger partial charge < -0.3 is 38.5 Å². The Morgan fingerprint density at radius 2 is 0.634 bits per heavy atom. The lowest BCUT2D eigenvalue weighted by molar-refractivity contribution is 0.930. The van der Waals surface area contributed by atoms with Crippen molar-refractivity contribution in [1.82, 2.24) is 29.1 Å². The normalized spacial score (nSPS) is 13.5. The first-order valence-corrected chi connectivity index (χ1v) is 23.8. The molecule has 0 amide bonds. The number of fused-ring (bicyclic) bond motifs is 8. The Balaban J connectivity index is 1.27. The van der Waals surface area contributed by atoms with Crippen LogP contribution in [0.15, 0.2) is 188 Å². The van der Waals surface area contributed by atoms with Gasteiger partial charge in [0.25, 0.3) is 0 Å². The molecule has 11 aromatic rings. The first-order valence-electron chi connectivity index (χ1n) is 23.8. The molecule has 12 heteroatoms. The largest absolute Gasteiger partial charge is 0.341 e. The summed E-state index contributed by atoms with van der Waals surface area (Å²) in [5.41, 5.74) is 20.2. The fourth-order valence-corrected chi connectivity index (χ4v) is 11.3. The van der Waals surface area contributed by atoms with Gasteiger partial charge in [-0.3, -0.25) is 0 Å². The Morgan fingerprint density at radius 1 is 0.310 bits per heavy atom. The van der Waals surface area contributed by atoms with Crippen molar-refractivity contribution in [3.8, 4) is 22.8 Å². The number of benzene rings is 7. The van der Waals surface area contributed by atoms with Crippen molar-refractivity contribution >= 4 is 108 Å². The summed E-state index contributed by atoms with van der Waals surface area (Å²) in [4.78, 5) is 35.3. The minimum atomic E-state index is 0.736. The van der Waals surface area contributed by atoms with Crippen LogP contribution in [0, 0.1) is 0 Å². The number of anilines is 15. The molecule has 3 aliphatic heterocycles. The van der Waals surface area contributed by atoms with Crippen molar-refractivity contribution < 1.29 is 0 Å². The van der Waals surface area contributed by atoms with Crippen LogP contribution in [0.25, 0.3) is 45.1 Å². The van der Waals surface area contributed by atoms with E-state index in [0.717, 1.165) is 130 Å². The smallest absolute Gasteiger partial charge is 0.160 e. The standard InChI is InChI=1S/C59H46N12/c1-64-40-22-6-12-28-46(40)69(47-29-13-7-23-41(47)64)52-36-37(56-62-38-20-18-34-60-57(38)67(56)4)53(59-63-39-21-19-35-61-58(39)68(59)5)55(71-50-32-16-10-26-44(50)66(3)45-27-11-17-33-51(45)71)54(52)70-48-30-14-8-24-42(48)65(2)43-25-9-15-31-49(43)70/h6-36H,1-5H3. The number of imidazole rings is 2. The predicted molar refractivity (Wildman–Crippen MR) is 290 cm³/mol. The van der Waals surface area contributed by atoms with Gasteiger partial charge in [-0.1, -0.05) is 72.8 Å². The van der Waals surface area contributed by atoms with Gasteiger partial charge in [0.05, 0.1) is 90.9 Å². The van der Waals surface area contributed by atoms with E-state index in [4.69, 9.17) is 19.9 Å². The molecular formula is C59H46N12. The molecule has 0 spiro atoms. The average molecular weight is 923 g/mol. The van der Waals surface area contributed by atoms with Crippen LogP contribution in [0.1, 0.15) is 0 Å². The number of nitrogens with zero attached hydrogens (tertiary/aromatic N) is 12. The van der Waals surface area contributed by atoms with Crippen molar-refractivity contribution in [1.29, 1.82) is 0 Å². The lowest BCUT2D eigenvalue weighted by Crippen LogP contribution is -2.30. The first-order chi connectivity index (χ1) is 34.9. The van der Waals surface area contributed by atoms with E-state index in [0.29, 0.717) is 0 Å². The number of para-hydroxylation sites is 12. The molecule has 0 saturated carbocycles. The number of aromatic nitrogens is 6. The molecule has 71 heavy (non-hydrogen) atoms. The fraction of sp³-hybridized carbons (Fsp3) is 0.0847. The molecule has 7 heterocycles. The molecule has 0 unspecified atom stereocenters. The summed E-state index contributed by atoms with van der Waals surface area (Å²) in [6, 6.07) is 62.7. The van der Waals surface area contributed by atoms with E-state index in [-0.39, 0.29) is 0 Å². The number of aryl methyl sites for hydroxylation is 2. The third-order valence-electron chi connectivity index (χ3n) is 14.6. The predicted octanol–water partition coefficient (Wildman–Crippen LogP) is 14.2.